The Labute approximate surface area is 149 Å². The number of hydrogen-bond donors (Lipinski definition) is 0. The highest BCUT2D eigenvalue weighted by Crippen LogP contribution is 2.13. The Bertz CT molecular complexity index is 671. The molecule has 1 aromatic heterocycles. The van der Waals surface area contributed by atoms with Gasteiger partial charge in [-0.2, -0.15) is 0 Å². The van der Waals surface area contributed by atoms with Crippen LogP contribution in [-0.2, 0) is 11.3 Å². The van der Waals surface area contributed by atoms with Crippen LogP contribution >= 0.6 is 0 Å². The minimum absolute atomic E-state index is 0.139. The van der Waals surface area contributed by atoms with E-state index in [9.17, 15) is 4.79 Å². The number of nitrogens with zero attached hydrogens (tertiary/aromatic N) is 5. The average Bonchev–Trinajstić information content (AvgIpc) is 2.68. The molecule has 0 radical (unpaired) electrons. The van der Waals surface area contributed by atoms with Crippen molar-refractivity contribution in [2.75, 3.05) is 38.1 Å². The molecule has 0 unspecified atom stereocenters. The second-order valence-electron chi connectivity index (χ2n) is 6.44. The highest BCUT2D eigenvalue weighted by molar-refractivity contribution is 5.81. The van der Waals surface area contributed by atoms with Gasteiger partial charge in [-0.3, -0.25) is 9.69 Å². The smallest absolute Gasteiger partial charge is 0.239 e. The zero-order valence-electron chi connectivity index (χ0n) is 14.9. The van der Waals surface area contributed by atoms with Gasteiger partial charge in [-0.15, -0.1) is 0 Å². The van der Waals surface area contributed by atoms with E-state index in [-0.39, 0.29) is 11.9 Å². The third kappa shape index (κ3) is 4.33. The minimum Gasteiger partial charge on any atom is -0.338 e. The van der Waals surface area contributed by atoms with Gasteiger partial charge in [-0.25, -0.2) is 9.97 Å². The Morgan fingerprint density at radius 1 is 1.08 bits per heavy atom. The van der Waals surface area contributed by atoms with Crippen LogP contribution in [0.3, 0.4) is 0 Å². The maximum absolute atomic E-state index is 12.8. The van der Waals surface area contributed by atoms with Crippen molar-refractivity contribution >= 4 is 11.9 Å². The van der Waals surface area contributed by atoms with Crippen molar-refractivity contribution in [1.82, 2.24) is 19.8 Å². The fraction of sp³-hybridized carbons (Fsp3) is 0.421. The molecule has 1 amide bonds. The van der Waals surface area contributed by atoms with Crippen molar-refractivity contribution in [3.8, 4) is 0 Å². The Morgan fingerprint density at radius 2 is 1.72 bits per heavy atom. The van der Waals surface area contributed by atoms with E-state index in [1.54, 1.807) is 12.4 Å². The molecule has 1 aromatic carbocycles. The van der Waals surface area contributed by atoms with Gasteiger partial charge in [0.05, 0.1) is 6.04 Å². The summed E-state index contributed by atoms with van der Waals surface area (Å²) in [6.07, 6.45) is 3.50. The summed E-state index contributed by atoms with van der Waals surface area (Å²) in [5, 5.41) is 0. The first kappa shape index (κ1) is 17.4. The van der Waals surface area contributed by atoms with E-state index in [4.69, 9.17) is 0 Å². The lowest BCUT2D eigenvalue weighted by Gasteiger charge is -2.37. The molecule has 3 rings (SSSR count). The zero-order chi connectivity index (χ0) is 17.6. The lowest BCUT2D eigenvalue weighted by atomic mass is 10.1. The standard InChI is InChI=1S/C19H25N5O/c1-16(22(2)15-17-7-4-3-5-8-17)18(25)23-11-13-24(14-12-23)19-20-9-6-10-21-19/h3-10,16H,11-15H2,1-2H3/t16-/m0/s1. The molecule has 2 aromatic rings. The predicted octanol–water partition coefficient (Wildman–Crippen LogP) is 1.65. The number of likely N-dealkylation sites (N-methyl/N-ethyl adjacent to an activating group) is 1. The molecule has 0 spiro atoms. The van der Waals surface area contributed by atoms with Gasteiger partial charge in [0, 0.05) is 45.1 Å². The Hall–Kier alpha value is -2.47. The van der Waals surface area contributed by atoms with Crippen molar-refractivity contribution in [3.05, 3.63) is 54.4 Å². The third-order valence-corrected chi connectivity index (χ3v) is 4.72. The topological polar surface area (TPSA) is 52.6 Å². The Balaban J connectivity index is 1.53. The highest BCUT2D eigenvalue weighted by Gasteiger charge is 2.27. The monoisotopic (exact) mass is 339 g/mol. The van der Waals surface area contributed by atoms with E-state index >= 15 is 0 Å². The number of piperazine rings is 1. The molecule has 1 aliphatic heterocycles. The summed E-state index contributed by atoms with van der Waals surface area (Å²) in [4.78, 5) is 27.6. The minimum atomic E-state index is -0.139. The van der Waals surface area contributed by atoms with Gasteiger partial charge < -0.3 is 9.80 Å². The fourth-order valence-electron chi connectivity index (χ4n) is 3.04. The first-order valence-corrected chi connectivity index (χ1v) is 8.70. The van der Waals surface area contributed by atoms with Crippen molar-refractivity contribution < 1.29 is 4.79 Å². The summed E-state index contributed by atoms with van der Waals surface area (Å²) in [5.41, 5.74) is 1.22. The highest BCUT2D eigenvalue weighted by atomic mass is 16.2. The molecule has 1 aliphatic rings. The molecule has 132 valence electrons. The van der Waals surface area contributed by atoms with E-state index in [1.165, 1.54) is 5.56 Å². The molecule has 2 heterocycles. The maximum Gasteiger partial charge on any atom is 0.239 e. The molecule has 1 saturated heterocycles. The zero-order valence-corrected chi connectivity index (χ0v) is 14.9. The first-order valence-electron chi connectivity index (χ1n) is 8.70. The molecule has 25 heavy (non-hydrogen) atoms. The van der Waals surface area contributed by atoms with Crippen LogP contribution in [-0.4, -0.2) is 64.9 Å². The van der Waals surface area contributed by atoms with Gasteiger partial charge >= 0.3 is 0 Å². The Kier molecular flexibility index (Phi) is 5.60. The van der Waals surface area contributed by atoms with E-state index in [2.05, 4.69) is 31.9 Å². The summed E-state index contributed by atoms with van der Waals surface area (Å²) in [5.74, 6) is 0.927. The number of carbonyl (C=O) groups is 1. The van der Waals surface area contributed by atoms with Gasteiger partial charge in [-0.05, 0) is 25.6 Å². The van der Waals surface area contributed by atoms with Gasteiger partial charge in [0.2, 0.25) is 11.9 Å². The van der Waals surface area contributed by atoms with Gasteiger partial charge in [0.25, 0.3) is 0 Å². The second kappa shape index (κ2) is 8.07. The largest absolute Gasteiger partial charge is 0.338 e. The van der Waals surface area contributed by atoms with Crippen LogP contribution in [0.15, 0.2) is 48.8 Å². The molecule has 0 saturated carbocycles. The summed E-state index contributed by atoms with van der Waals surface area (Å²) in [7, 11) is 2.00. The number of amides is 1. The summed E-state index contributed by atoms with van der Waals surface area (Å²) >= 11 is 0. The van der Waals surface area contributed by atoms with E-state index < -0.39 is 0 Å². The van der Waals surface area contributed by atoms with E-state index in [0.717, 1.165) is 25.6 Å². The molecule has 0 bridgehead atoms. The molecule has 0 aliphatic carbocycles. The molecular formula is C19H25N5O. The van der Waals surface area contributed by atoms with Crippen LogP contribution in [0.2, 0.25) is 0 Å². The number of benzene rings is 1. The van der Waals surface area contributed by atoms with E-state index in [1.807, 2.05) is 43.1 Å². The van der Waals surface area contributed by atoms with Gasteiger partial charge in [0.1, 0.15) is 0 Å². The van der Waals surface area contributed by atoms with Crippen LogP contribution in [0.4, 0.5) is 5.95 Å². The van der Waals surface area contributed by atoms with Gasteiger partial charge in [0.15, 0.2) is 0 Å². The fourth-order valence-corrected chi connectivity index (χ4v) is 3.04. The quantitative estimate of drug-likeness (QED) is 0.829. The third-order valence-electron chi connectivity index (χ3n) is 4.72. The molecule has 6 heteroatoms. The van der Waals surface area contributed by atoms with Crippen LogP contribution in [0.25, 0.3) is 0 Å². The van der Waals surface area contributed by atoms with Crippen LogP contribution < -0.4 is 4.90 Å². The molecule has 6 nitrogen and oxygen atoms in total. The maximum atomic E-state index is 12.8. The number of hydrogen-bond acceptors (Lipinski definition) is 5. The second-order valence-corrected chi connectivity index (χ2v) is 6.44. The van der Waals surface area contributed by atoms with Gasteiger partial charge in [-0.1, -0.05) is 30.3 Å². The lowest BCUT2D eigenvalue weighted by Crippen LogP contribution is -2.53. The van der Waals surface area contributed by atoms with Crippen LogP contribution in [0.1, 0.15) is 12.5 Å². The van der Waals surface area contributed by atoms with Crippen LogP contribution in [0, 0.1) is 0 Å². The summed E-state index contributed by atoms with van der Waals surface area (Å²) in [6, 6.07) is 11.9. The summed E-state index contributed by atoms with van der Waals surface area (Å²) < 4.78 is 0. The van der Waals surface area contributed by atoms with Crippen molar-refractivity contribution in [2.24, 2.45) is 0 Å². The lowest BCUT2D eigenvalue weighted by molar-refractivity contribution is -0.136. The van der Waals surface area contributed by atoms with E-state index in [0.29, 0.717) is 13.1 Å². The number of aromatic nitrogens is 2. The van der Waals surface area contributed by atoms with Crippen molar-refractivity contribution in [3.63, 3.8) is 0 Å². The van der Waals surface area contributed by atoms with Crippen molar-refractivity contribution in [2.45, 2.75) is 19.5 Å². The normalized spacial score (nSPS) is 16.1. The predicted molar refractivity (Wildman–Crippen MR) is 98.2 cm³/mol. The molecule has 0 N–H and O–H groups in total. The number of rotatable bonds is 5. The van der Waals surface area contributed by atoms with Crippen molar-refractivity contribution in [1.29, 1.82) is 0 Å². The number of carbonyl (C=O) groups excluding carboxylic acids is 1. The molecular weight excluding hydrogens is 314 g/mol. The first-order chi connectivity index (χ1) is 12.1. The Morgan fingerprint density at radius 3 is 2.36 bits per heavy atom. The SMILES string of the molecule is C[C@@H](C(=O)N1CCN(c2ncccn2)CC1)N(C)Cc1ccccc1. The average molecular weight is 339 g/mol. The van der Waals surface area contributed by atoms with Crippen LogP contribution in [0.5, 0.6) is 0 Å². The molecule has 1 fully saturated rings. The molecule has 1 atom stereocenters. The number of anilines is 1. The summed E-state index contributed by atoms with van der Waals surface area (Å²) in [6.45, 7) is 5.71.